The lowest BCUT2D eigenvalue weighted by Crippen LogP contribution is -2.31. The van der Waals surface area contributed by atoms with Crippen molar-refractivity contribution in [2.45, 2.75) is 36.2 Å². The van der Waals surface area contributed by atoms with Gasteiger partial charge >= 0.3 is 0 Å². The quantitative estimate of drug-likeness (QED) is 0.565. The number of rotatable bonds is 6. The molecular weight excluding hydrogens is 426 g/mol. The maximum Gasteiger partial charge on any atom is 0.227 e. The molecule has 0 spiro atoms. The summed E-state index contributed by atoms with van der Waals surface area (Å²) < 4.78 is 12.8. The molecule has 0 saturated heterocycles. The minimum atomic E-state index is -0.411. The van der Waals surface area contributed by atoms with Gasteiger partial charge in [-0.15, -0.1) is 5.10 Å². The molecule has 2 aliphatic rings. The normalized spacial score (nSPS) is 17.4. The number of hydrogen-bond donors (Lipinski definition) is 1. The standard InChI is InChI=1S/C23H23N5O3S/c1-30-15-9-10-16(19(12-15)31-2)21-20-17(7-5-8-18(20)29)25-22-26-23(27-28(21)22)32-13-14-6-3-4-11-24-14/h3-4,6,9-12,21H,5,7-8,13H2,1-2H3,(H,25,26,27)/t21-/m0/s1. The molecule has 3 heterocycles. The number of carbonyl (C=O) groups excluding carboxylic acids is 1. The number of Topliss-reactive ketones (excluding diaryl/α,β-unsaturated/α-hetero) is 1. The van der Waals surface area contributed by atoms with E-state index in [4.69, 9.17) is 19.6 Å². The van der Waals surface area contributed by atoms with Crippen molar-refractivity contribution in [3.05, 3.63) is 65.1 Å². The Morgan fingerprint density at radius 3 is 2.88 bits per heavy atom. The molecule has 1 N–H and O–H groups in total. The van der Waals surface area contributed by atoms with Crippen LogP contribution in [0.3, 0.4) is 0 Å². The summed E-state index contributed by atoms with van der Waals surface area (Å²) in [5, 5.41) is 8.76. The van der Waals surface area contributed by atoms with E-state index in [2.05, 4.69) is 10.3 Å². The summed E-state index contributed by atoms with van der Waals surface area (Å²) in [5.74, 6) is 2.75. The molecule has 5 rings (SSSR count). The van der Waals surface area contributed by atoms with Crippen LogP contribution in [0.2, 0.25) is 0 Å². The summed E-state index contributed by atoms with van der Waals surface area (Å²) in [5.41, 5.74) is 3.47. The highest BCUT2D eigenvalue weighted by molar-refractivity contribution is 7.98. The molecule has 0 saturated carbocycles. The van der Waals surface area contributed by atoms with Gasteiger partial charge in [-0.05, 0) is 37.1 Å². The van der Waals surface area contributed by atoms with E-state index in [1.165, 1.54) is 11.8 Å². The van der Waals surface area contributed by atoms with Gasteiger partial charge in [-0.1, -0.05) is 17.8 Å². The molecule has 1 aliphatic heterocycles. The average molecular weight is 450 g/mol. The summed E-state index contributed by atoms with van der Waals surface area (Å²) in [6, 6.07) is 11.1. The van der Waals surface area contributed by atoms with Crippen molar-refractivity contribution in [3.8, 4) is 11.5 Å². The second kappa shape index (κ2) is 8.66. The highest BCUT2D eigenvalue weighted by Gasteiger charge is 2.38. The number of allylic oxidation sites excluding steroid dienone is 2. The third kappa shape index (κ3) is 3.73. The van der Waals surface area contributed by atoms with Crippen LogP contribution >= 0.6 is 11.8 Å². The first-order valence-electron chi connectivity index (χ1n) is 10.4. The molecule has 9 heteroatoms. The highest BCUT2D eigenvalue weighted by Crippen LogP contribution is 2.44. The summed E-state index contributed by atoms with van der Waals surface area (Å²) >= 11 is 1.51. The molecule has 0 amide bonds. The molecule has 0 unspecified atom stereocenters. The Hall–Kier alpha value is -3.33. The first-order valence-corrected chi connectivity index (χ1v) is 11.4. The Balaban J connectivity index is 1.56. The zero-order chi connectivity index (χ0) is 22.1. The number of benzene rings is 1. The SMILES string of the molecule is COc1ccc([C@H]2C3=C(CCCC3=O)Nc3nc(SCc4ccccn4)nn32)c(OC)c1. The van der Waals surface area contributed by atoms with Crippen LogP contribution in [0.5, 0.6) is 11.5 Å². The fourth-order valence-corrected chi connectivity index (χ4v) is 4.90. The van der Waals surface area contributed by atoms with Gasteiger partial charge in [-0.25, -0.2) is 4.68 Å². The Bertz CT molecular complexity index is 1190. The molecule has 0 fully saturated rings. The molecule has 164 valence electrons. The fourth-order valence-electron chi connectivity index (χ4n) is 4.15. The molecule has 0 radical (unpaired) electrons. The molecule has 0 bridgehead atoms. The molecular formula is C23H23N5O3S. The number of thioether (sulfide) groups is 1. The van der Waals surface area contributed by atoms with Crippen LogP contribution in [0.25, 0.3) is 0 Å². The van der Waals surface area contributed by atoms with Crippen molar-refractivity contribution < 1.29 is 14.3 Å². The minimum absolute atomic E-state index is 0.130. The Morgan fingerprint density at radius 1 is 1.19 bits per heavy atom. The molecule has 1 aromatic carbocycles. The number of nitrogens with one attached hydrogen (secondary N) is 1. The van der Waals surface area contributed by atoms with Crippen molar-refractivity contribution in [3.63, 3.8) is 0 Å². The lowest BCUT2D eigenvalue weighted by Gasteiger charge is -2.32. The Kier molecular flexibility index (Phi) is 5.57. The lowest BCUT2D eigenvalue weighted by atomic mass is 9.85. The number of ketones is 1. The van der Waals surface area contributed by atoms with E-state index in [9.17, 15) is 4.79 Å². The van der Waals surface area contributed by atoms with Crippen molar-refractivity contribution in [1.29, 1.82) is 0 Å². The number of methoxy groups -OCH3 is 2. The summed E-state index contributed by atoms with van der Waals surface area (Å²) in [6.07, 6.45) is 3.94. The maximum atomic E-state index is 13.0. The number of nitrogens with zero attached hydrogens (tertiary/aromatic N) is 4. The van der Waals surface area contributed by atoms with Crippen LogP contribution in [-0.2, 0) is 10.5 Å². The molecule has 1 aliphatic carbocycles. The number of carbonyl (C=O) groups is 1. The van der Waals surface area contributed by atoms with Crippen LogP contribution in [-0.4, -0.2) is 39.8 Å². The van der Waals surface area contributed by atoms with Crippen molar-refractivity contribution in [2.75, 3.05) is 19.5 Å². The highest BCUT2D eigenvalue weighted by atomic mass is 32.2. The molecule has 2 aromatic heterocycles. The summed E-state index contributed by atoms with van der Waals surface area (Å²) in [7, 11) is 3.23. The fraction of sp³-hybridized carbons (Fsp3) is 0.304. The minimum Gasteiger partial charge on any atom is -0.497 e. The van der Waals surface area contributed by atoms with Crippen LogP contribution in [0.15, 0.2) is 59.0 Å². The van der Waals surface area contributed by atoms with Crippen LogP contribution < -0.4 is 14.8 Å². The third-order valence-corrected chi connectivity index (χ3v) is 6.53. The van der Waals surface area contributed by atoms with Gasteiger partial charge in [0.25, 0.3) is 0 Å². The molecule has 3 aromatic rings. The molecule has 32 heavy (non-hydrogen) atoms. The van der Waals surface area contributed by atoms with Gasteiger partial charge in [0.2, 0.25) is 11.1 Å². The van der Waals surface area contributed by atoms with Gasteiger partial charge in [-0.2, -0.15) is 4.98 Å². The summed E-state index contributed by atoms with van der Waals surface area (Å²) in [6.45, 7) is 0. The van der Waals surface area contributed by atoms with E-state index in [0.29, 0.717) is 34.8 Å². The van der Waals surface area contributed by atoms with Crippen molar-refractivity contribution >= 4 is 23.5 Å². The smallest absolute Gasteiger partial charge is 0.227 e. The van der Waals surface area contributed by atoms with Crippen molar-refractivity contribution in [2.24, 2.45) is 0 Å². The monoisotopic (exact) mass is 449 g/mol. The Morgan fingerprint density at radius 2 is 2.09 bits per heavy atom. The number of pyridine rings is 1. The first kappa shape index (κ1) is 20.6. The molecule has 1 atom stereocenters. The van der Waals surface area contributed by atoms with Gasteiger partial charge in [-0.3, -0.25) is 9.78 Å². The predicted molar refractivity (Wildman–Crippen MR) is 121 cm³/mol. The summed E-state index contributed by atoms with van der Waals surface area (Å²) in [4.78, 5) is 22.1. The number of anilines is 1. The van der Waals surface area contributed by atoms with E-state index in [1.807, 2.05) is 36.4 Å². The number of hydrogen-bond acceptors (Lipinski definition) is 8. The van der Waals surface area contributed by atoms with Gasteiger partial charge in [0.15, 0.2) is 5.78 Å². The van der Waals surface area contributed by atoms with Crippen LogP contribution in [0.1, 0.15) is 36.6 Å². The third-order valence-electron chi connectivity index (χ3n) is 5.66. The lowest BCUT2D eigenvalue weighted by molar-refractivity contribution is -0.116. The largest absolute Gasteiger partial charge is 0.497 e. The van der Waals surface area contributed by atoms with E-state index < -0.39 is 6.04 Å². The van der Waals surface area contributed by atoms with Gasteiger partial charge in [0.1, 0.15) is 17.5 Å². The second-order valence-corrected chi connectivity index (χ2v) is 8.52. The number of aromatic nitrogens is 4. The number of ether oxygens (including phenoxy) is 2. The van der Waals surface area contributed by atoms with Crippen molar-refractivity contribution in [1.82, 2.24) is 19.7 Å². The van der Waals surface area contributed by atoms with Crippen LogP contribution in [0, 0.1) is 0 Å². The van der Waals surface area contributed by atoms with E-state index in [-0.39, 0.29) is 5.78 Å². The van der Waals surface area contributed by atoms with Gasteiger partial charge in [0, 0.05) is 41.3 Å². The maximum absolute atomic E-state index is 13.0. The Labute approximate surface area is 190 Å². The zero-order valence-corrected chi connectivity index (χ0v) is 18.7. The van der Waals surface area contributed by atoms with Gasteiger partial charge < -0.3 is 14.8 Å². The van der Waals surface area contributed by atoms with E-state index >= 15 is 0 Å². The predicted octanol–water partition coefficient (Wildman–Crippen LogP) is 4.00. The number of fused-ring (bicyclic) bond motifs is 1. The van der Waals surface area contributed by atoms with Crippen LogP contribution in [0.4, 0.5) is 5.95 Å². The molecule has 8 nitrogen and oxygen atoms in total. The topological polar surface area (TPSA) is 91.2 Å². The zero-order valence-electron chi connectivity index (χ0n) is 17.9. The van der Waals surface area contributed by atoms with Gasteiger partial charge in [0.05, 0.1) is 19.9 Å². The second-order valence-electron chi connectivity index (χ2n) is 7.58. The van der Waals surface area contributed by atoms with E-state index in [1.54, 1.807) is 25.1 Å². The van der Waals surface area contributed by atoms with E-state index in [0.717, 1.165) is 35.4 Å². The average Bonchev–Trinajstić information content (AvgIpc) is 3.24. The first-order chi connectivity index (χ1) is 15.7.